The van der Waals surface area contributed by atoms with Crippen molar-refractivity contribution in [3.8, 4) is 5.75 Å². The minimum absolute atomic E-state index is 0.0793. The molecule has 5 nitrogen and oxygen atoms in total. The maximum Gasteiger partial charge on any atom is 0.254 e. The Morgan fingerprint density at radius 3 is 2.77 bits per heavy atom. The molecule has 118 valence electrons. The van der Waals surface area contributed by atoms with Gasteiger partial charge in [0.15, 0.2) is 0 Å². The number of aryl methyl sites for hydroxylation is 1. The van der Waals surface area contributed by atoms with Gasteiger partial charge in [0.1, 0.15) is 5.75 Å². The maximum atomic E-state index is 12.7. The minimum Gasteiger partial charge on any atom is -0.497 e. The minimum atomic E-state index is -0.425. The van der Waals surface area contributed by atoms with Crippen molar-refractivity contribution in [1.29, 1.82) is 0 Å². The average molecular weight is 302 g/mol. The van der Waals surface area contributed by atoms with Crippen LogP contribution in [0.1, 0.15) is 29.4 Å². The van der Waals surface area contributed by atoms with Crippen molar-refractivity contribution in [1.82, 2.24) is 9.88 Å². The Morgan fingerprint density at radius 2 is 2.14 bits per heavy atom. The van der Waals surface area contributed by atoms with Crippen LogP contribution in [0.5, 0.6) is 5.75 Å². The van der Waals surface area contributed by atoms with Crippen molar-refractivity contribution in [2.24, 2.45) is 0 Å². The number of fused-ring (bicyclic) bond motifs is 1. The second-order valence-corrected chi connectivity index (χ2v) is 5.56. The fourth-order valence-electron chi connectivity index (χ4n) is 2.33. The van der Waals surface area contributed by atoms with Crippen molar-refractivity contribution in [3.63, 3.8) is 0 Å². The van der Waals surface area contributed by atoms with Crippen molar-refractivity contribution in [2.45, 2.75) is 26.4 Å². The van der Waals surface area contributed by atoms with Gasteiger partial charge in [-0.25, -0.2) is 0 Å². The first-order chi connectivity index (χ1) is 10.4. The van der Waals surface area contributed by atoms with Gasteiger partial charge in [-0.2, -0.15) is 0 Å². The summed E-state index contributed by atoms with van der Waals surface area (Å²) in [7, 11) is 3.34. The van der Waals surface area contributed by atoms with Crippen LogP contribution in [0.15, 0.2) is 24.3 Å². The van der Waals surface area contributed by atoms with E-state index in [9.17, 15) is 9.90 Å². The predicted octanol–water partition coefficient (Wildman–Crippen LogP) is 2.39. The first kappa shape index (κ1) is 16.2. The zero-order chi connectivity index (χ0) is 16.3. The molecule has 1 atom stereocenters. The predicted molar refractivity (Wildman–Crippen MR) is 86.3 cm³/mol. The molecule has 1 amide bonds. The topological polar surface area (TPSA) is 62.7 Å². The quantitative estimate of drug-likeness (QED) is 0.921. The monoisotopic (exact) mass is 302 g/mol. The Hall–Kier alpha value is -2.14. The van der Waals surface area contributed by atoms with Crippen LogP contribution in [0.4, 0.5) is 0 Å². The van der Waals surface area contributed by atoms with Crippen LogP contribution in [0, 0.1) is 6.92 Å². The van der Waals surface area contributed by atoms with Crippen LogP contribution in [0.3, 0.4) is 0 Å². The van der Waals surface area contributed by atoms with E-state index in [4.69, 9.17) is 4.74 Å². The Labute approximate surface area is 130 Å². The Balaban J connectivity index is 2.42. The van der Waals surface area contributed by atoms with Gasteiger partial charge in [-0.3, -0.25) is 9.78 Å². The number of aromatic nitrogens is 1. The van der Waals surface area contributed by atoms with E-state index in [1.54, 1.807) is 32.0 Å². The molecular formula is C17H22N2O3. The van der Waals surface area contributed by atoms with Crippen LogP contribution in [0.25, 0.3) is 10.9 Å². The summed E-state index contributed by atoms with van der Waals surface area (Å²) in [5.74, 6) is 0.614. The highest BCUT2D eigenvalue weighted by Gasteiger charge is 2.17. The molecule has 1 heterocycles. The maximum absolute atomic E-state index is 12.7. The molecule has 0 saturated carbocycles. The van der Waals surface area contributed by atoms with Crippen molar-refractivity contribution in [2.75, 3.05) is 20.7 Å². The summed E-state index contributed by atoms with van der Waals surface area (Å²) in [4.78, 5) is 18.8. The van der Waals surface area contributed by atoms with E-state index in [2.05, 4.69) is 4.98 Å². The third-order valence-corrected chi connectivity index (χ3v) is 3.60. The molecule has 0 fully saturated rings. The second kappa shape index (κ2) is 6.75. The summed E-state index contributed by atoms with van der Waals surface area (Å²) >= 11 is 0. The highest BCUT2D eigenvalue weighted by molar-refractivity contribution is 6.06. The van der Waals surface area contributed by atoms with Crippen molar-refractivity contribution < 1.29 is 14.6 Å². The summed E-state index contributed by atoms with van der Waals surface area (Å²) in [6.07, 6.45) is 0.124. The van der Waals surface area contributed by atoms with Crippen LogP contribution >= 0.6 is 0 Å². The number of aliphatic hydroxyl groups is 1. The standard InChI is InChI=1S/C17H22N2O3/c1-11-9-15(17(21)19(3)8-7-12(2)20)14-10-13(22-4)5-6-16(14)18-11/h5-6,9-10,12,20H,7-8H2,1-4H3. The zero-order valence-electron chi connectivity index (χ0n) is 13.5. The van der Waals surface area contributed by atoms with Gasteiger partial charge in [-0.15, -0.1) is 0 Å². The number of ether oxygens (including phenoxy) is 1. The number of pyridine rings is 1. The third-order valence-electron chi connectivity index (χ3n) is 3.60. The van der Waals surface area contributed by atoms with Gasteiger partial charge in [0, 0.05) is 24.7 Å². The van der Waals surface area contributed by atoms with E-state index in [-0.39, 0.29) is 5.91 Å². The Morgan fingerprint density at radius 1 is 1.41 bits per heavy atom. The smallest absolute Gasteiger partial charge is 0.254 e. The van der Waals surface area contributed by atoms with E-state index >= 15 is 0 Å². The molecule has 5 heteroatoms. The van der Waals surface area contributed by atoms with Crippen LogP contribution in [0.2, 0.25) is 0 Å². The lowest BCUT2D eigenvalue weighted by molar-refractivity contribution is 0.0770. The SMILES string of the molecule is COc1ccc2nc(C)cc(C(=O)N(C)CCC(C)O)c2c1. The molecule has 0 aliphatic rings. The largest absolute Gasteiger partial charge is 0.497 e. The molecule has 0 radical (unpaired) electrons. The normalized spacial score (nSPS) is 12.2. The summed E-state index contributed by atoms with van der Waals surface area (Å²) in [6, 6.07) is 7.31. The Bertz CT molecular complexity index is 683. The van der Waals surface area contributed by atoms with Gasteiger partial charge in [-0.05, 0) is 44.5 Å². The molecular weight excluding hydrogens is 280 g/mol. The van der Waals surface area contributed by atoms with Crippen LogP contribution in [-0.2, 0) is 0 Å². The van der Waals surface area contributed by atoms with Gasteiger partial charge in [0.05, 0.1) is 24.3 Å². The molecule has 0 spiro atoms. The lowest BCUT2D eigenvalue weighted by Gasteiger charge is -2.19. The summed E-state index contributed by atoms with van der Waals surface area (Å²) in [6.45, 7) is 4.09. The van der Waals surface area contributed by atoms with Crippen LogP contribution < -0.4 is 4.74 Å². The first-order valence-corrected chi connectivity index (χ1v) is 7.31. The number of carbonyl (C=O) groups is 1. The number of methoxy groups -OCH3 is 1. The third kappa shape index (κ3) is 3.54. The number of aliphatic hydroxyl groups excluding tert-OH is 1. The average Bonchev–Trinajstić information content (AvgIpc) is 2.50. The Kier molecular flexibility index (Phi) is 4.98. The molecule has 2 aromatic rings. The summed E-state index contributed by atoms with van der Waals surface area (Å²) in [5, 5.41) is 10.1. The van der Waals surface area contributed by atoms with Gasteiger partial charge < -0.3 is 14.7 Å². The van der Waals surface area contributed by atoms with E-state index in [1.807, 2.05) is 25.1 Å². The van der Waals surface area contributed by atoms with Crippen molar-refractivity contribution >= 4 is 16.8 Å². The lowest BCUT2D eigenvalue weighted by atomic mass is 10.1. The molecule has 22 heavy (non-hydrogen) atoms. The molecule has 0 bridgehead atoms. The molecule has 1 N–H and O–H groups in total. The molecule has 1 unspecified atom stereocenters. The molecule has 2 rings (SSSR count). The van der Waals surface area contributed by atoms with E-state index in [1.165, 1.54) is 0 Å². The number of benzene rings is 1. The number of hydrogen-bond acceptors (Lipinski definition) is 4. The fourth-order valence-corrected chi connectivity index (χ4v) is 2.33. The molecule has 1 aromatic heterocycles. The first-order valence-electron chi connectivity index (χ1n) is 7.31. The van der Waals surface area contributed by atoms with Gasteiger partial charge >= 0.3 is 0 Å². The number of carbonyl (C=O) groups excluding carboxylic acids is 1. The summed E-state index contributed by atoms with van der Waals surface area (Å²) < 4.78 is 5.24. The lowest BCUT2D eigenvalue weighted by Crippen LogP contribution is -2.29. The van der Waals surface area contributed by atoms with E-state index in [0.29, 0.717) is 24.3 Å². The summed E-state index contributed by atoms with van der Waals surface area (Å²) in [5.41, 5.74) is 2.17. The van der Waals surface area contributed by atoms with Gasteiger partial charge in [-0.1, -0.05) is 0 Å². The molecule has 0 saturated heterocycles. The molecule has 1 aromatic carbocycles. The zero-order valence-corrected chi connectivity index (χ0v) is 13.5. The van der Waals surface area contributed by atoms with Gasteiger partial charge in [0.25, 0.3) is 5.91 Å². The molecule has 0 aliphatic carbocycles. The van der Waals surface area contributed by atoms with Crippen LogP contribution in [-0.4, -0.2) is 47.7 Å². The number of nitrogens with zero attached hydrogens (tertiary/aromatic N) is 2. The van der Waals surface area contributed by atoms with E-state index in [0.717, 1.165) is 16.6 Å². The fraction of sp³-hybridized carbons (Fsp3) is 0.412. The highest BCUT2D eigenvalue weighted by Crippen LogP contribution is 2.24. The van der Waals surface area contributed by atoms with Crippen molar-refractivity contribution in [3.05, 3.63) is 35.5 Å². The number of hydrogen-bond donors (Lipinski definition) is 1. The number of amides is 1. The number of rotatable bonds is 5. The van der Waals surface area contributed by atoms with Gasteiger partial charge in [0.2, 0.25) is 0 Å². The van der Waals surface area contributed by atoms with E-state index < -0.39 is 6.10 Å². The highest BCUT2D eigenvalue weighted by atomic mass is 16.5. The second-order valence-electron chi connectivity index (χ2n) is 5.56. The molecule has 0 aliphatic heterocycles.